The number of nitrogens with zero attached hydrogens (tertiary/aromatic N) is 5. The molecule has 0 fully saturated rings. The minimum absolute atomic E-state index is 0.272. The highest BCUT2D eigenvalue weighted by Gasteiger charge is 2.27. The number of fused-ring (bicyclic) bond motifs is 1. The summed E-state index contributed by atoms with van der Waals surface area (Å²) >= 11 is 0. The number of hydrogen-bond acceptors (Lipinski definition) is 7. The van der Waals surface area contributed by atoms with E-state index in [-0.39, 0.29) is 6.61 Å². The van der Waals surface area contributed by atoms with Crippen molar-refractivity contribution in [1.82, 2.24) is 14.8 Å². The summed E-state index contributed by atoms with van der Waals surface area (Å²) in [5.41, 5.74) is 1.78. The summed E-state index contributed by atoms with van der Waals surface area (Å²) < 4.78 is 23.5. The Morgan fingerprint density at radius 3 is 2.81 bits per heavy atom. The summed E-state index contributed by atoms with van der Waals surface area (Å²) in [4.78, 5) is 30.0. The summed E-state index contributed by atoms with van der Waals surface area (Å²) in [6, 6.07) is 1.75. The Hall–Kier alpha value is -2.75. The third-order valence-electron chi connectivity index (χ3n) is 4.18. The Balaban J connectivity index is 1.99. The first-order valence-electron chi connectivity index (χ1n) is 8.47. The molecule has 3 heterocycles. The van der Waals surface area contributed by atoms with E-state index in [0.717, 1.165) is 0 Å². The largest absolute Gasteiger partial charge is 0.462 e. The minimum Gasteiger partial charge on any atom is -0.462 e. The van der Waals surface area contributed by atoms with Gasteiger partial charge in [-0.15, -0.1) is 0 Å². The summed E-state index contributed by atoms with van der Waals surface area (Å²) in [5.74, 6) is -0.931. The fourth-order valence-electron chi connectivity index (χ4n) is 3.07. The molecule has 144 valence electrons. The lowest BCUT2D eigenvalue weighted by molar-refractivity contribution is -0.115. The third-order valence-corrected chi connectivity index (χ3v) is 5.94. The Labute approximate surface area is 157 Å². The maximum Gasteiger partial charge on any atom is 0.341 e. The van der Waals surface area contributed by atoms with Crippen LogP contribution in [0.4, 0.5) is 5.69 Å². The molecule has 0 aromatic carbocycles. The molecule has 0 N–H and O–H groups in total. The number of carbonyl (C=O) groups excluding carboxylic acids is 2. The maximum atomic E-state index is 12.9. The summed E-state index contributed by atoms with van der Waals surface area (Å²) in [5, 5.41) is 4.28. The third kappa shape index (κ3) is 3.85. The van der Waals surface area contributed by atoms with E-state index in [1.165, 1.54) is 25.6 Å². The van der Waals surface area contributed by atoms with Gasteiger partial charge in [-0.05, 0) is 13.0 Å². The van der Waals surface area contributed by atoms with Crippen LogP contribution in [-0.2, 0) is 32.3 Å². The second-order valence-corrected chi connectivity index (χ2v) is 8.35. The number of hydrogen-bond donors (Lipinski definition) is 0. The lowest BCUT2D eigenvalue weighted by atomic mass is 10.2. The molecule has 0 bridgehead atoms. The van der Waals surface area contributed by atoms with E-state index < -0.39 is 21.6 Å². The molecule has 27 heavy (non-hydrogen) atoms. The first kappa shape index (κ1) is 19.0. The van der Waals surface area contributed by atoms with Crippen molar-refractivity contribution in [1.29, 1.82) is 0 Å². The number of pyridine rings is 1. The van der Waals surface area contributed by atoms with Crippen LogP contribution in [0, 0.1) is 0 Å². The number of esters is 1. The SMILES string of the molecule is CCOC(=O)c1cnccc1N1CCn2ncc(S(C)(=O)=NC(C)=O)c2C1. The van der Waals surface area contributed by atoms with E-state index >= 15 is 0 Å². The number of rotatable bonds is 4. The van der Waals surface area contributed by atoms with Crippen molar-refractivity contribution in [3.05, 3.63) is 35.9 Å². The molecule has 0 aliphatic carbocycles. The van der Waals surface area contributed by atoms with Crippen LogP contribution in [0.2, 0.25) is 0 Å². The van der Waals surface area contributed by atoms with Gasteiger partial charge in [0.1, 0.15) is 5.56 Å². The number of anilines is 1. The van der Waals surface area contributed by atoms with Gasteiger partial charge < -0.3 is 9.64 Å². The van der Waals surface area contributed by atoms with Gasteiger partial charge in [0.2, 0.25) is 0 Å². The number of carbonyl (C=O) groups is 2. The van der Waals surface area contributed by atoms with Crippen LogP contribution in [0.25, 0.3) is 0 Å². The van der Waals surface area contributed by atoms with Gasteiger partial charge in [-0.1, -0.05) is 0 Å². The molecule has 1 atom stereocenters. The molecular weight excluding hydrogens is 370 g/mol. The second kappa shape index (κ2) is 7.47. The molecular formula is C17H21N5O4S. The van der Waals surface area contributed by atoms with Crippen LogP contribution in [-0.4, -0.2) is 50.3 Å². The van der Waals surface area contributed by atoms with Crippen molar-refractivity contribution in [3.63, 3.8) is 0 Å². The molecule has 1 amide bonds. The minimum atomic E-state index is -2.89. The monoisotopic (exact) mass is 391 g/mol. The average Bonchev–Trinajstić information content (AvgIpc) is 3.05. The first-order valence-corrected chi connectivity index (χ1v) is 10.4. The van der Waals surface area contributed by atoms with Crippen molar-refractivity contribution in [3.8, 4) is 0 Å². The van der Waals surface area contributed by atoms with Crippen LogP contribution in [0.3, 0.4) is 0 Å². The van der Waals surface area contributed by atoms with Gasteiger partial charge in [0.25, 0.3) is 5.91 Å². The standard InChI is InChI=1S/C17H21N5O4S/c1-4-26-17(24)13-9-18-6-5-14(13)21-7-8-22-15(11-21)16(10-19-22)27(3,25)20-12(2)23/h5-6,9-10H,4,7-8,11H2,1-3H3. The highest BCUT2D eigenvalue weighted by atomic mass is 32.2. The Kier molecular flexibility index (Phi) is 5.26. The van der Waals surface area contributed by atoms with Gasteiger partial charge in [-0.2, -0.15) is 9.46 Å². The Morgan fingerprint density at radius 2 is 2.11 bits per heavy atom. The molecule has 1 aliphatic heterocycles. The maximum absolute atomic E-state index is 12.9. The summed E-state index contributed by atoms with van der Waals surface area (Å²) in [6.45, 7) is 4.83. The van der Waals surface area contributed by atoms with Crippen LogP contribution >= 0.6 is 0 Å². The van der Waals surface area contributed by atoms with Gasteiger partial charge in [0, 0.05) is 32.1 Å². The fourth-order valence-corrected chi connectivity index (χ4v) is 4.51. The van der Waals surface area contributed by atoms with Crippen LogP contribution < -0.4 is 4.90 Å². The zero-order valence-corrected chi connectivity index (χ0v) is 16.2. The number of amides is 1. The van der Waals surface area contributed by atoms with Crippen molar-refractivity contribution in [2.75, 3.05) is 24.3 Å². The van der Waals surface area contributed by atoms with Gasteiger partial charge >= 0.3 is 5.97 Å². The van der Waals surface area contributed by atoms with Gasteiger partial charge in [0.15, 0.2) is 0 Å². The highest BCUT2D eigenvalue weighted by Crippen LogP contribution is 2.28. The first-order chi connectivity index (χ1) is 12.8. The predicted octanol–water partition coefficient (Wildman–Crippen LogP) is 1.48. The van der Waals surface area contributed by atoms with Gasteiger partial charge in [0.05, 0.1) is 51.9 Å². The fraction of sp³-hybridized carbons (Fsp3) is 0.412. The Morgan fingerprint density at radius 1 is 1.33 bits per heavy atom. The number of aromatic nitrogens is 3. The summed E-state index contributed by atoms with van der Waals surface area (Å²) in [6.07, 6.45) is 6.03. The normalized spacial score (nSPS) is 15.6. The van der Waals surface area contributed by atoms with E-state index in [9.17, 15) is 13.8 Å². The molecule has 3 rings (SSSR count). The number of ether oxygens (including phenoxy) is 1. The molecule has 9 nitrogen and oxygen atoms in total. The van der Waals surface area contributed by atoms with E-state index in [0.29, 0.717) is 41.5 Å². The topological polar surface area (TPSA) is 107 Å². The highest BCUT2D eigenvalue weighted by molar-refractivity contribution is 7.93. The summed E-state index contributed by atoms with van der Waals surface area (Å²) in [7, 11) is -2.89. The zero-order valence-electron chi connectivity index (χ0n) is 15.4. The second-order valence-electron chi connectivity index (χ2n) is 6.13. The molecule has 1 unspecified atom stereocenters. The van der Waals surface area contributed by atoms with Gasteiger partial charge in [-0.25, -0.2) is 9.00 Å². The molecule has 0 saturated heterocycles. The smallest absolute Gasteiger partial charge is 0.341 e. The van der Waals surface area contributed by atoms with Crippen LogP contribution in [0.15, 0.2) is 33.9 Å². The van der Waals surface area contributed by atoms with E-state index in [1.807, 2.05) is 4.90 Å². The van der Waals surface area contributed by atoms with Crippen LogP contribution in [0.1, 0.15) is 29.9 Å². The predicted molar refractivity (Wildman–Crippen MR) is 98.9 cm³/mol. The van der Waals surface area contributed by atoms with Crippen molar-refractivity contribution in [2.24, 2.45) is 4.36 Å². The quantitative estimate of drug-likeness (QED) is 0.727. The average molecular weight is 391 g/mol. The molecule has 2 aromatic heterocycles. The van der Waals surface area contributed by atoms with Crippen molar-refractivity contribution < 1.29 is 18.5 Å². The molecule has 0 spiro atoms. The molecule has 0 radical (unpaired) electrons. The molecule has 1 aliphatic rings. The molecule has 10 heteroatoms. The lowest BCUT2D eigenvalue weighted by Crippen LogP contribution is -2.35. The van der Waals surface area contributed by atoms with Gasteiger partial charge in [-0.3, -0.25) is 14.5 Å². The van der Waals surface area contributed by atoms with Crippen LogP contribution in [0.5, 0.6) is 0 Å². The van der Waals surface area contributed by atoms with Crippen molar-refractivity contribution in [2.45, 2.75) is 31.8 Å². The zero-order chi connectivity index (χ0) is 19.6. The molecule has 2 aromatic rings. The Bertz CT molecular complexity index is 1010. The van der Waals surface area contributed by atoms with E-state index in [2.05, 4.69) is 14.4 Å². The van der Waals surface area contributed by atoms with E-state index in [1.54, 1.807) is 23.9 Å². The lowest BCUT2D eigenvalue weighted by Gasteiger charge is -2.31. The molecule has 0 saturated carbocycles. The van der Waals surface area contributed by atoms with Crippen molar-refractivity contribution >= 4 is 27.3 Å². The van der Waals surface area contributed by atoms with E-state index in [4.69, 9.17) is 4.74 Å².